The zero-order valence-electron chi connectivity index (χ0n) is 27.2. The average Bonchev–Trinajstić information content (AvgIpc) is 3.56. The van der Waals surface area contributed by atoms with Crippen molar-refractivity contribution in [2.24, 2.45) is 0 Å². The number of hydrogen-bond acceptors (Lipinski definition) is 8. The Labute approximate surface area is 289 Å². The summed E-state index contributed by atoms with van der Waals surface area (Å²) in [5.74, 6) is -1.30. The molecule has 2 aromatic carbocycles. The van der Waals surface area contributed by atoms with Gasteiger partial charge in [0, 0.05) is 56.3 Å². The maximum atomic E-state index is 14.8. The summed E-state index contributed by atoms with van der Waals surface area (Å²) in [6, 6.07) is 9.91. The number of alkyl halides is 6. The van der Waals surface area contributed by atoms with Gasteiger partial charge in [-0.25, -0.2) is 0 Å². The smallest absolute Gasteiger partial charge is 0.425 e. The molecule has 3 N–H and O–H groups in total. The number of rotatable bonds is 10. The first kappa shape index (κ1) is 37.1. The minimum absolute atomic E-state index is 0.00588. The van der Waals surface area contributed by atoms with Crippen LogP contribution in [0.25, 0.3) is 0 Å². The predicted octanol–water partition coefficient (Wildman–Crippen LogP) is 6.31. The lowest BCUT2D eigenvalue weighted by Gasteiger charge is -2.51. The quantitative estimate of drug-likeness (QED) is 0.186. The maximum Gasteiger partial charge on any atom is 0.425 e. The first-order chi connectivity index (χ1) is 23.7. The van der Waals surface area contributed by atoms with Gasteiger partial charge in [-0.05, 0) is 37.1 Å². The van der Waals surface area contributed by atoms with Crippen molar-refractivity contribution in [2.45, 2.75) is 56.6 Å². The minimum Gasteiger partial charge on any atom is -0.489 e. The van der Waals surface area contributed by atoms with Gasteiger partial charge < -0.3 is 35.0 Å². The van der Waals surface area contributed by atoms with E-state index >= 15 is 0 Å². The highest BCUT2D eigenvalue weighted by Crippen LogP contribution is 2.43. The Hall–Kier alpha value is -4.18. The third-order valence-electron chi connectivity index (χ3n) is 8.94. The van der Waals surface area contributed by atoms with Crippen LogP contribution in [0.2, 0.25) is 0 Å². The van der Waals surface area contributed by atoms with Crippen molar-refractivity contribution in [1.29, 1.82) is 0 Å². The number of likely N-dealkylation sites (tertiary alicyclic amines) is 1. The number of hydrogen-bond donors (Lipinski definition) is 2. The number of para-hydroxylation sites is 2. The molecule has 50 heavy (non-hydrogen) atoms. The van der Waals surface area contributed by atoms with Gasteiger partial charge in [-0.15, -0.1) is 11.3 Å². The highest BCUT2D eigenvalue weighted by atomic mass is 32.1. The Kier molecular flexibility index (Phi) is 11.1. The number of amides is 2. The van der Waals surface area contributed by atoms with Crippen LogP contribution in [0.5, 0.6) is 11.5 Å². The summed E-state index contributed by atoms with van der Waals surface area (Å²) in [5, 5.41) is 10.4. The fourth-order valence-corrected chi connectivity index (χ4v) is 7.42. The molecule has 2 aliphatic heterocycles. The van der Waals surface area contributed by atoms with Gasteiger partial charge >= 0.3 is 12.4 Å². The number of benzene rings is 2. The van der Waals surface area contributed by atoms with Gasteiger partial charge in [-0.2, -0.15) is 26.3 Å². The van der Waals surface area contributed by atoms with Crippen LogP contribution >= 0.6 is 11.3 Å². The third-order valence-corrected chi connectivity index (χ3v) is 9.89. The van der Waals surface area contributed by atoms with Gasteiger partial charge in [0.05, 0.1) is 29.5 Å². The fraction of sp³-hybridized carbons (Fsp3) is 0.471. The van der Waals surface area contributed by atoms with Crippen molar-refractivity contribution < 1.29 is 50.5 Å². The van der Waals surface area contributed by atoms with E-state index in [2.05, 4.69) is 0 Å². The molecule has 5 rings (SSSR count). The molecule has 0 spiro atoms. The number of aliphatic hydroxyl groups is 1. The number of nitrogens with two attached hydrogens (primary N) is 1. The van der Waals surface area contributed by atoms with Crippen LogP contribution in [0, 0.1) is 0 Å². The Morgan fingerprint density at radius 1 is 1.00 bits per heavy atom. The number of halogens is 6. The lowest BCUT2D eigenvalue weighted by atomic mass is 9.79. The van der Waals surface area contributed by atoms with Crippen molar-refractivity contribution in [3.8, 4) is 11.5 Å². The van der Waals surface area contributed by atoms with E-state index in [9.17, 15) is 41.0 Å². The summed E-state index contributed by atoms with van der Waals surface area (Å²) >= 11 is 0.390. The van der Waals surface area contributed by atoms with Gasteiger partial charge in [0.15, 0.2) is 0 Å². The van der Waals surface area contributed by atoms with Crippen LogP contribution in [-0.2, 0) is 17.1 Å². The van der Waals surface area contributed by atoms with Gasteiger partial charge in [-0.3, -0.25) is 9.59 Å². The number of nitrogens with zero attached hydrogens (tertiary/aromatic N) is 3. The summed E-state index contributed by atoms with van der Waals surface area (Å²) in [6.07, 6.45) is -8.97. The predicted molar refractivity (Wildman–Crippen MR) is 175 cm³/mol. The topological polar surface area (TPSA) is 109 Å². The summed E-state index contributed by atoms with van der Waals surface area (Å²) in [7, 11) is 0. The van der Waals surface area contributed by atoms with E-state index < -0.39 is 57.5 Å². The standard InChI is InChI=1S/C34H38F6N4O5S/c1-2-7-27-32(49-22-20-28(50-21-22)34(38,39)40,12-6-13-44(27)30(46)29-23(33(35,36)37)8-5-9-24(29)41)31(47)43-16-14-42(15-17-43)25-10-3-4-11-26(25)48-19-18-45/h3-5,8-11,20-21,27,45H,2,6-7,12-19,41H2,1H3/t27-,32+/m1/s1. The number of anilines is 2. The number of aliphatic hydroxyl groups excluding tert-OH is 1. The number of thiophene rings is 1. The first-order valence-corrected chi connectivity index (χ1v) is 17.1. The maximum absolute atomic E-state index is 14.8. The molecule has 0 aliphatic carbocycles. The highest BCUT2D eigenvalue weighted by Gasteiger charge is 2.56. The Bertz CT molecular complexity index is 1660. The van der Waals surface area contributed by atoms with Gasteiger partial charge in [0.2, 0.25) is 5.60 Å². The van der Waals surface area contributed by atoms with E-state index in [1.54, 1.807) is 19.1 Å². The van der Waals surface area contributed by atoms with Crippen molar-refractivity contribution in [2.75, 3.05) is 56.6 Å². The first-order valence-electron chi connectivity index (χ1n) is 16.2. The van der Waals surface area contributed by atoms with Crippen LogP contribution in [0.4, 0.5) is 37.7 Å². The lowest BCUT2D eigenvalue weighted by molar-refractivity contribution is -0.159. The van der Waals surface area contributed by atoms with E-state index in [1.165, 1.54) is 15.9 Å². The number of carbonyl (C=O) groups is 2. The van der Waals surface area contributed by atoms with Crippen LogP contribution in [0.15, 0.2) is 53.9 Å². The molecule has 2 fully saturated rings. The second-order valence-corrected chi connectivity index (χ2v) is 13.0. The monoisotopic (exact) mass is 728 g/mol. The van der Waals surface area contributed by atoms with Crippen LogP contribution < -0.4 is 20.1 Å². The molecule has 0 bridgehead atoms. The van der Waals surface area contributed by atoms with E-state index in [-0.39, 0.29) is 57.9 Å². The third kappa shape index (κ3) is 7.60. The number of piperidine rings is 1. The molecular formula is C34H38F6N4O5S. The summed E-state index contributed by atoms with van der Waals surface area (Å²) < 4.78 is 95.2. The average molecular weight is 729 g/mol. The number of piperazine rings is 1. The zero-order chi connectivity index (χ0) is 36.3. The molecule has 0 saturated carbocycles. The molecule has 0 radical (unpaired) electrons. The van der Waals surface area contributed by atoms with Crippen LogP contribution in [0.1, 0.15) is 53.4 Å². The van der Waals surface area contributed by atoms with Crippen molar-refractivity contribution in [1.82, 2.24) is 9.80 Å². The fourth-order valence-electron chi connectivity index (χ4n) is 6.74. The molecule has 1 aromatic heterocycles. The molecule has 16 heteroatoms. The van der Waals surface area contributed by atoms with E-state index in [1.807, 2.05) is 17.0 Å². The molecule has 3 heterocycles. The van der Waals surface area contributed by atoms with Gasteiger partial charge in [0.1, 0.15) is 23.0 Å². The number of ether oxygens (including phenoxy) is 2. The number of carbonyl (C=O) groups excluding carboxylic acids is 2. The molecule has 2 aliphatic rings. The minimum atomic E-state index is -4.91. The van der Waals surface area contributed by atoms with Crippen LogP contribution in [0.3, 0.4) is 0 Å². The SMILES string of the molecule is CCC[C@H]1N(C(=O)c2c(N)cccc2C(F)(F)F)CCC[C@@]1(Oc1csc(C(F)(F)F)c1)C(=O)N1CCN(c2ccccc2OCCO)CC1. The lowest BCUT2D eigenvalue weighted by Crippen LogP contribution is -2.69. The van der Waals surface area contributed by atoms with E-state index in [4.69, 9.17) is 15.2 Å². The Morgan fingerprint density at radius 3 is 2.36 bits per heavy atom. The Balaban J connectivity index is 1.52. The molecule has 9 nitrogen and oxygen atoms in total. The number of nitrogen functional groups attached to an aromatic ring is 1. The molecule has 2 amide bonds. The molecule has 0 unspecified atom stereocenters. The summed E-state index contributed by atoms with van der Waals surface area (Å²) in [5.41, 5.74) is 2.42. The molecule has 2 saturated heterocycles. The van der Waals surface area contributed by atoms with E-state index in [0.717, 1.165) is 29.3 Å². The van der Waals surface area contributed by atoms with Crippen molar-refractivity contribution >= 4 is 34.5 Å². The van der Waals surface area contributed by atoms with Crippen molar-refractivity contribution in [3.05, 3.63) is 69.9 Å². The van der Waals surface area contributed by atoms with Gasteiger partial charge in [0.25, 0.3) is 11.8 Å². The van der Waals surface area contributed by atoms with Crippen LogP contribution in [-0.4, -0.2) is 84.3 Å². The van der Waals surface area contributed by atoms with Gasteiger partial charge in [-0.1, -0.05) is 31.5 Å². The molecule has 3 aromatic rings. The summed E-state index contributed by atoms with van der Waals surface area (Å²) in [4.78, 5) is 32.7. The second-order valence-electron chi connectivity index (χ2n) is 12.1. The molecule has 2 atom stereocenters. The van der Waals surface area contributed by atoms with E-state index in [0.29, 0.717) is 36.6 Å². The Morgan fingerprint density at radius 2 is 1.72 bits per heavy atom. The summed E-state index contributed by atoms with van der Waals surface area (Å²) in [6.45, 7) is 2.68. The highest BCUT2D eigenvalue weighted by molar-refractivity contribution is 7.10. The second kappa shape index (κ2) is 15.0. The molecular weight excluding hydrogens is 690 g/mol. The van der Waals surface area contributed by atoms with Crippen molar-refractivity contribution in [3.63, 3.8) is 0 Å². The normalized spacial score (nSPS) is 20.2. The molecule has 272 valence electrons. The zero-order valence-corrected chi connectivity index (χ0v) is 28.0. The largest absolute Gasteiger partial charge is 0.489 e.